The number of aromatic hydroxyl groups is 1. The highest BCUT2D eigenvalue weighted by molar-refractivity contribution is 5.29. The van der Waals surface area contributed by atoms with Crippen LogP contribution in [0.2, 0.25) is 0 Å². The number of aromatic nitrogens is 1. The number of rotatable bonds is 4. The highest BCUT2D eigenvalue weighted by Gasteiger charge is 2.08. The molecule has 0 aliphatic rings. The molecule has 18 heavy (non-hydrogen) atoms. The molecule has 0 amide bonds. The molecule has 1 atom stereocenters. The molecule has 1 heterocycles. The molecule has 0 bridgehead atoms. The first-order valence-electron chi connectivity index (χ1n) is 5.77. The molecule has 2 N–H and O–H groups in total. The smallest absolute Gasteiger partial charge is 0.165 e. The molecule has 94 valence electrons. The van der Waals surface area contributed by atoms with Gasteiger partial charge in [-0.15, -0.1) is 0 Å². The zero-order valence-corrected chi connectivity index (χ0v) is 10.1. The number of hydrogen-bond donors (Lipinski definition) is 2. The second-order valence-corrected chi connectivity index (χ2v) is 4.17. The summed E-state index contributed by atoms with van der Waals surface area (Å²) < 4.78 is 13.2. The minimum Gasteiger partial charge on any atom is -0.505 e. The second-order valence-electron chi connectivity index (χ2n) is 4.17. The highest BCUT2D eigenvalue weighted by atomic mass is 19.1. The highest BCUT2D eigenvalue weighted by Crippen LogP contribution is 2.20. The zero-order chi connectivity index (χ0) is 13.0. The first kappa shape index (κ1) is 12.5. The van der Waals surface area contributed by atoms with E-state index in [1.807, 2.05) is 19.1 Å². The summed E-state index contributed by atoms with van der Waals surface area (Å²) in [7, 11) is 0. The van der Waals surface area contributed by atoms with Crippen molar-refractivity contribution >= 4 is 0 Å². The Bertz CT molecular complexity index is 516. The van der Waals surface area contributed by atoms with Gasteiger partial charge in [-0.3, -0.25) is 4.98 Å². The lowest BCUT2D eigenvalue weighted by Crippen LogP contribution is -2.18. The van der Waals surface area contributed by atoms with E-state index in [1.54, 1.807) is 18.5 Å². The van der Waals surface area contributed by atoms with E-state index in [2.05, 4.69) is 10.3 Å². The lowest BCUT2D eigenvalue weighted by Gasteiger charge is -2.14. The van der Waals surface area contributed by atoms with Crippen LogP contribution in [0.4, 0.5) is 4.39 Å². The van der Waals surface area contributed by atoms with E-state index in [0.29, 0.717) is 6.54 Å². The Balaban J connectivity index is 1.99. The van der Waals surface area contributed by atoms with Crippen molar-refractivity contribution in [2.24, 2.45) is 0 Å². The summed E-state index contributed by atoms with van der Waals surface area (Å²) in [6, 6.07) is 8.27. The number of phenolic OH excluding ortho intramolecular Hbond substituents is 1. The summed E-state index contributed by atoms with van der Waals surface area (Å²) in [5, 5.41) is 12.4. The molecular formula is C14H15FN2O. The minimum absolute atomic E-state index is 0.000283. The maximum Gasteiger partial charge on any atom is 0.165 e. The molecule has 2 rings (SSSR count). The maximum atomic E-state index is 13.2. The fourth-order valence-corrected chi connectivity index (χ4v) is 1.68. The van der Waals surface area contributed by atoms with Gasteiger partial charge in [0, 0.05) is 25.0 Å². The number of benzene rings is 1. The van der Waals surface area contributed by atoms with Gasteiger partial charge in [0.05, 0.1) is 0 Å². The number of nitrogens with one attached hydrogen (secondary N) is 1. The van der Waals surface area contributed by atoms with Gasteiger partial charge in [-0.05, 0) is 36.2 Å². The fourth-order valence-electron chi connectivity index (χ4n) is 1.68. The van der Waals surface area contributed by atoms with Crippen molar-refractivity contribution in [1.29, 1.82) is 0 Å². The molecule has 0 unspecified atom stereocenters. The lowest BCUT2D eigenvalue weighted by molar-refractivity contribution is 0.430. The van der Waals surface area contributed by atoms with E-state index in [9.17, 15) is 4.39 Å². The van der Waals surface area contributed by atoms with E-state index in [0.717, 1.165) is 11.1 Å². The van der Waals surface area contributed by atoms with Crippen LogP contribution in [0.5, 0.6) is 5.75 Å². The van der Waals surface area contributed by atoms with E-state index in [4.69, 9.17) is 5.11 Å². The monoisotopic (exact) mass is 246 g/mol. The van der Waals surface area contributed by atoms with Crippen LogP contribution in [-0.4, -0.2) is 10.1 Å². The molecule has 0 spiro atoms. The van der Waals surface area contributed by atoms with Gasteiger partial charge in [0.25, 0.3) is 0 Å². The summed E-state index contributed by atoms with van der Waals surface area (Å²) in [5.41, 5.74) is 1.87. The summed E-state index contributed by atoms with van der Waals surface area (Å²) in [4.78, 5) is 4.03. The van der Waals surface area contributed by atoms with Crippen LogP contribution in [0.15, 0.2) is 42.7 Å². The van der Waals surface area contributed by atoms with E-state index >= 15 is 0 Å². The van der Waals surface area contributed by atoms with Gasteiger partial charge in [0.2, 0.25) is 0 Å². The van der Waals surface area contributed by atoms with Crippen LogP contribution in [0.1, 0.15) is 24.1 Å². The van der Waals surface area contributed by atoms with Gasteiger partial charge in [-0.25, -0.2) is 4.39 Å². The van der Waals surface area contributed by atoms with Crippen molar-refractivity contribution in [1.82, 2.24) is 10.3 Å². The van der Waals surface area contributed by atoms with Crippen LogP contribution in [0.3, 0.4) is 0 Å². The Morgan fingerprint density at radius 3 is 2.89 bits per heavy atom. The minimum atomic E-state index is -0.595. The van der Waals surface area contributed by atoms with Gasteiger partial charge in [-0.2, -0.15) is 0 Å². The molecule has 1 aromatic carbocycles. The quantitative estimate of drug-likeness (QED) is 0.872. The number of phenols is 1. The SMILES string of the molecule is C[C@@H](NCc1cccnc1)c1ccc(O)c(F)c1. The third-order valence-electron chi connectivity index (χ3n) is 2.81. The Kier molecular flexibility index (Phi) is 3.89. The van der Waals surface area contributed by atoms with Gasteiger partial charge in [0.1, 0.15) is 0 Å². The normalized spacial score (nSPS) is 12.3. The third kappa shape index (κ3) is 3.05. The van der Waals surface area contributed by atoms with Crippen molar-refractivity contribution in [2.75, 3.05) is 0 Å². The number of nitrogens with zero attached hydrogens (tertiary/aromatic N) is 1. The average Bonchev–Trinajstić information content (AvgIpc) is 2.40. The fraction of sp³-hybridized carbons (Fsp3) is 0.214. The van der Waals surface area contributed by atoms with Gasteiger partial charge < -0.3 is 10.4 Å². The first-order chi connectivity index (χ1) is 8.66. The number of halogens is 1. The second kappa shape index (κ2) is 5.60. The Labute approximate surface area is 105 Å². The maximum absolute atomic E-state index is 13.2. The molecule has 4 heteroatoms. The molecule has 1 aromatic heterocycles. The van der Waals surface area contributed by atoms with Crippen LogP contribution in [0.25, 0.3) is 0 Å². The molecule has 0 saturated heterocycles. The van der Waals surface area contributed by atoms with Crippen LogP contribution in [0, 0.1) is 5.82 Å². The van der Waals surface area contributed by atoms with Crippen molar-refractivity contribution in [3.05, 3.63) is 59.7 Å². The molecule has 0 aliphatic heterocycles. The Morgan fingerprint density at radius 1 is 1.39 bits per heavy atom. The van der Waals surface area contributed by atoms with Gasteiger partial charge >= 0.3 is 0 Å². The predicted octanol–water partition coefficient (Wildman–Crippen LogP) is 2.78. The van der Waals surface area contributed by atoms with Gasteiger partial charge in [-0.1, -0.05) is 12.1 Å². The first-order valence-corrected chi connectivity index (χ1v) is 5.77. The van der Waals surface area contributed by atoms with Gasteiger partial charge in [0.15, 0.2) is 11.6 Å². The van der Waals surface area contributed by atoms with E-state index in [-0.39, 0.29) is 11.8 Å². The number of hydrogen-bond acceptors (Lipinski definition) is 3. The van der Waals surface area contributed by atoms with Crippen LogP contribution in [-0.2, 0) is 6.54 Å². The zero-order valence-electron chi connectivity index (χ0n) is 10.1. The lowest BCUT2D eigenvalue weighted by atomic mass is 10.1. The van der Waals surface area contributed by atoms with Crippen molar-refractivity contribution < 1.29 is 9.50 Å². The van der Waals surface area contributed by atoms with E-state index < -0.39 is 5.82 Å². The summed E-state index contributed by atoms with van der Waals surface area (Å²) in [6.45, 7) is 2.61. The van der Waals surface area contributed by atoms with Crippen molar-refractivity contribution in [2.45, 2.75) is 19.5 Å². The summed E-state index contributed by atoms with van der Waals surface area (Å²) >= 11 is 0. The molecule has 0 aliphatic carbocycles. The van der Waals surface area contributed by atoms with E-state index in [1.165, 1.54) is 12.1 Å². The summed E-state index contributed by atoms with van der Waals surface area (Å²) in [6.07, 6.45) is 3.51. The molecule has 0 fully saturated rings. The third-order valence-corrected chi connectivity index (χ3v) is 2.81. The molecular weight excluding hydrogens is 231 g/mol. The van der Waals surface area contributed by atoms with Crippen molar-refractivity contribution in [3.63, 3.8) is 0 Å². The molecule has 0 radical (unpaired) electrons. The molecule has 3 nitrogen and oxygen atoms in total. The molecule has 0 saturated carbocycles. The van der Waals surface area contributed by atoms with Crippen LogP contribution >= 0.6 is 0 Å². The predicted molar refractivity (Wildman–Crippen MR) is 67.6 cm³/mol. The molecule has 2 aromatic rings. The standard InChI is InChI=1S/C14H15FN2O/c1-10(12-4-5-14(18)13(15)7-12)17-9-11-3-2-6-16-8-11/h2-8,10,17-18H,9H2,1H3/t10-/m1/s1. The largest absolute Gasteiger partial charge is 0.505 e. The average molecular weight is 246 g/mol. The topological polar surface area (TPSA) is 45.2 Å². The summed E-state index contributed by atoms with van der Waals surface area (Å²) in [5.74, 6) is -0.916. The Morgan fingerprint density at radius 2 is 2.22 bits per heavy atom. The number of pyridine rings is 1. The van der Waals surface area contributed by atoms with Crippen LogP contribution < -0.4 is 5.32 Å². The Hall–Kier alpha value is -1.94. The van der Waals surface area contributed by atoms with Crippen molar-refractivity contribution in [3.8, 4) is 5.75 Å².